The standard InChI is InChI=1S/C23H20N4O2S2/c1-4-18-20(23(28)24-2)14-7-5-6-8-19(14)31(18)29-16-9-10-25-15-13-17(30-21(15)16)22-26-11-12-27(22)3/h5-13H,4H2,1-3H3/p+1. The topological polar surface area (TPSA) is 69.0 Å². The number of thiophene rings is 2. The van der Waals surface area contributed by atoms with Crippen LogP contribution in [0.4, 0.5) is 0 Å². The van der Waals surface area contributed by atoms with Gasteiger partial charge in [-0.15, -0.1) is 11.3 Å². The number of carbonyl (C=O) groups excluding carboxylic acids is 1. The van der Waals surface area contributed by atoms with Crippen LogP contribution in [-0.2, 0) is 13.5 Å². The van der Waals surface area contributed by atoms with Crippen molar-refractivity contribution in [1.29, 1.82) is 0 Å². The molecule has 6 nitrogen and oxygen atoms in total. The number of benzene rings is 1. The highest BCUT2D eigenvalue weighted by atomic mass is 32.2. The van der Waals surface area contributed by atoms with Crippen LogP contribution in [0.2, 0.25) is 0 Å². The lowest BCUT2D eigenvalue weighted by atomic mass is 10.1. The van der Waals surface area contributed by atoms with Gasteiger partial charge in [-0.3, -0.25) is 14.0 Å². The molecule has 0 aliphatic rings. The van der Waals surface area contributed by atoms with Crippen molar-refractivity contribution >= 4 is 48.3 Å². The van der Waals surface area contributed by atoms with Crippen LogP contribution in [0.15, 0.2) is 55.0 Å². The smallest absolute Gasteiger partial charge is 0.257 e. The molecule has 0 fully saturated rings. The summed E-state index contributed by atoms with van der Waals surface area (Å²) in [5, 5.41) is 3.74. The average molecular weight is 450 g/mol. The molecule has 0 radical (unpaired) electrons. The molecule has 4 aromatic heterocycles. The lowest BCUT2D eigenvalue weighted by Crippen LogP contribution is -2.18. The number of imidazole rings is 1. The van der Waals surface area contributed by atoms with Gasteiger partial charge in [0, 0.05) is 51.2 Å². The molecule has 1 atom stereocenters. The number of fused-ring (bicyclic) bond motifs is 2. The molecule has 0 saturated carbocycles. The van der Waals surface area contributed by atoms with Gasteiger partial charge in [0.2, 0.25) is 26.1 Å². The van der Waals surface area contributed by atoms with E-state index in [9.17, 15) is 4.79 Å². The van der Waals surface area contributed by atoms with E-state index in [0.717, 1.165) is 53.6 Å². The molecule has 0 bridgehead atoms. The van der Waals surface area contributed by atoms with Crippen LogP contribution < -0.4 is 9.50 Å². The Morgan fingerprint density at radius 1 is 1.23 bits per heavy atom. The molecular formula is C23H21N4O2S2+. The normalized spacial score (nSPS) is 11.9. The first-order valence-electron chi connectivity index (χ1n) is 9.95. The minimum atomic E-state index is -0.654. The van der Waals surface area contributed by atoms with E-state index >= 15 is 0 Å². The molecule has 8 heteroatoms. The second kappa shape index (κ2) is 7.79. The molecule has 31 heavy (non-hydrogen) atoms. The summed E-state index contributed by atoms with van der Waals surface area (Å²) in [7, 11) is 2.99. The number of rotatable bonds is 5. The molecule has 1 amide bonds. The molecule has 5 aromatic rings. The van der Waals surface area contributed by atoms with Crippen molar-refractivity contribution in [3.8, 4) is 16.5 Å². The summed E-state index contributed by atoms with van der Waals surface area (Å²) >= 11 is 1.62. The highest BCUT2D eigenvalue weighted by Gasteiger charge is 2.33. The fourth-order valence-corrected chi connectivity index (χ4v) is 6.93. The van der Waals surface area contributed by atoms with Crippen molar-refractivity contribution in [3.05, 3.63) is 65.4 Å². The van der Waals surface area contributed by atoms with E-state index in [1.54, 1.807) is 30.8 Å². The molecule has 1 unspecified atom stereocenters. The number of hydrogen-bond donors (Lipinski definition) is 1. The van der Waals surface area contributed by atoms with Crippen LogP contribution in [-0.4, -0.2) is 27.5 Å². The van der Waals surface area contributed by atoms with Gasteiger partial charge in [-0.1, -0.05) is 19.1 Å². The van der Waals surface area contributed by atoms with Gasteiger partial charge in [0.15, 0.2) is 0 Å². The minimum absolute atomic E-state index is 0.0732. The van der Waals surface area contributed by atoms with Crippen molar-refractivity contribution < 1.29 is 8.98 Å². The number of nitrogens with zero attached hydrogens (tertiary/aromatic N) is 3. The first-order valence-corrected chi connectivity index (χ1v) is 11.9. The molecule has 5 rings (SSSR count). The third kappa shape index (κ3) is 3.19. The van der Waals surface area contributed by atoms with Crippen LogP contribution in [0.5, 0.6) is 5.75 Å². The predicted molar refractivity (Wildman–Crippen MR) is 127 cm³/mol. The monoisotopic (exact) mass is 449 g/mol. The number of aromatic nitrogens is 3. The Kier molecular flexibility index (Phi) is 4.95. The molecule has 1 aromatic carbocycles. The third-order valence-corrected chi connectivity index (χ3v) is 8.40. The van der Waals surface area contributed by atoms with Gasteiger partial charge in [0.25, 0.3) is 5.91 Å². The van der Waals surface area contributed by atoms with Crippen LogP contribution in [0.1, 0.15) is 22.2 Å². The van der Waals surface area contributed by atoms with E-state index < -0.39 is 10.8 Å². The summed E-state index contributed by atoms with van der Waals surface area (Å²) in [6.45, 7) is 2.07. The number of carbonyl (C=O) groups is 1. The molecular weight excluding hydrogens is 428 g/mol. The Labute approximate surface area is 186 Å². The summed E-state index contributed by atoms with van der Waals surface area (Å²) in [4.78, 5) is 23.7. The fraction of sp³-hybridized carbons (Fsp3) is 0.174. The Hall–Kier alpha value is -3.23. The SMILES string of the molecule is CCc1c(C(=O)NC)c2ccccc2[s+]1Oc1ccnc2cc(-c3nccn3C)sc12. The maximum absolute atomic E-state index is 12.7. The second-order valence-corrected chi connectivity index (χ2v) is 9.76. The highest BCUT2D eigenvalue weighted by molar-refractivity contribution is 7.33. The lowest BCUT2D eigenvalue weighted by molar-refractivity contribution is 0.0964. The largest absolute Gasteiger partial charge is 0.355 e. The third-order valence-electron chi connectivity index (χ3n) is 5.22. The number of amides is 1. The molecule has 1 N–H and O–H groups in total. The Balaban J connectivity index is 1.68. The zero-order valence-corrected chi connectivity index (χ0v) is 19.0. The first kappa shape index (κ1) is 19.7. The molecule has 0 saturated heterocycles. The van der Waals surface area contributed by atoms with Crippen molar-refractivity contribution in [1.82, 2.24) is 19.9 Å². The van der Waals surface area contributed by atoms with Crippen LogP contribution in [0.3, 0.4) is 0 Å². The maximum Gasteiger partial charge on any atom is 0.257 e. The highest BCUT2D eigenvalue weighted by Crippen LogP contribution is 2.45. The maximum atomic E-state index is 12.7. The summed E-state index contributed by atoms with van der Waals surface area (Å²) in [5.41, 5.74) is 1.61. The van der Waals surface area contributed by atoms with Crippen molar-refractivity contribution in [2.45, 2.75) is 13.3 Å². The molecule has 0 spiro atoms. The van der Waals surface area contributed by atoms with Gasteiger partial charge in [-0.25, -0.2) is 4.98 Å². The second-order valence-electron chi connectivity index (χ2n) is 7.07. The van der Waals surface area contributed by atoms with E-state index in [1.165, 1.54) is 0 Å². The van der Waals surface area contributed by atoms with Crippen molar-refractivity contribution in [2.75, 3.05) is 7.05 Å². The van der Waals surface area contributed by atoms with Gasteiger partial charge >= 0.3 is 0 Å². The van der Waals surface area contributed by atoms with Crippen LogP contribution in [0.25, 0.3) is 31.0 Å². The lowest BCUT2D eigenvalue weighted by Gasteiger charge is -2.00. The zero-order chi connectivity index (χ0) is 21.5. The molecule has 0 aliphatic heterocycles. The summed E-state index contributed by atoms with van der Waals surface area (Å²) in [5.74, 6) is 1.60. The van der Waals surface area contributed by atoms with Gasteiger partial charge < -0.3 is 9.88 Å². The number of nitrogens with one attached hydrogen (secondary N) is 1. The van der Waals surface area contributed by atoms with E-state index in [-0.39, 0.29) is 5.91 Å². The quantitative estimate of drug-likeness (QED) is 0.367. The first-order chi connectivity index (χ1) is 15.1. The van der Waals surface area contributed by atoms with E-state index in [2.05, 4.69) is 28.3 Å². The van der Waals surface area contributed by atoms with Gasteiger partial charge in [-0.05, 0) is 12.1 Å². The Morgan fingerprint density at radius 3 is 2.81 bits per heavy atom. The van der Waals surface area contributed by atoms with Crippen LogP contribution >= 0.6 is 22.1 Å². The summed E-state index contributed by atoms with van der Waals surface area (Å²) in [6.07, 6.45) is 6.23. The fourth-order valence-electron chi connectivity index (χ4n) is 3.77. The number of aryl methyl sites for hydroxylation is 1. The van der Waals surface area contributed by atoms with Gasteiger partial charge in [0.1, 0.15) is 16.1 Å². The Morgan fingerprint density at radius 2 is 2.06 bits per heavy atom. The zero-order valence-electron chi connectivity index (χ0n) is 17.4. The number of hydrogen-bond acceptors (Lipinski definition) is 5. The van der Waals surface area contributed by atoms with Gasteiger partial charge in [0.05, 0.1) is 15.8 Å². The minimum Gasteiger partial charge on any atom is -0.355 e. The average Bonchev–Trinajstić information content (AvgIpc) is 3.48. The summed E-state index contributed by atoms with van der Waals surface area (Å²) < 4.78 is 10.7. The van der Waals surface area contributed by atoms with E-state index in [4.69, 9.17) is 4.18 Å². The van der Waals surface area contributed by atoms with Crippen molar-refractivity contribution in [3.63, 3.8) is 0 Å². The van der Waals surface area contributed by atoms with E-state index in [1.807, 2.05) is 48.1 Å². The van der Waals surface area contributed by atoms with Crippen LogP contribution in [0, 0.1) is 0 Å². The predicted octanol–water partition coefficient (Wildman–Crippen LogP) is 5.36. The molecule has 0 aliphatic carbocycles. The molecule has 4 heterocycles. The van der Waals surface area contributed by atoms with E-state index in [0.29, 0.717) is 0 Å². The van der Waals surface area contributed by atoms with Crippen molar-refractivity contribution in [2.24, 2.45) is 7.05 Å². The number of pyridine rings is 1. The molecule has 156 valence electrons. The van der Waals surface area contributed by atoms with Gasteiger partial charge in [-0.2, -0.15) is 0 Å². The Bertz CT molecular complexity index is 1430. The summed E-state index contributed by atoms with van der Waals surface area (Å²) in [6, 6.07) is 12.0.